The zero-order valence-corrected chi connectivity index (χ0v) is 17.1. The maximum absolute atomic E-state index is 13.2. The third-order valence-corrected chi connectivity index (χ3v) is 5.32. The van der Waals surface area contributed by atoms with Crippen molar-refractivity contribution >= 4 is 40.7 Å². The number of benzene rings is 3. The molecular formula is C22H17Cl3FNO. The molecule has 6 heteroatoms. The molecule has 0 aliphatic heterocycles. The standard InChI is InChI=1S/C22H17Cl3FNO/c23-18-8-5-15(21(25)13-18)11-12-27(14-17-3-1-2-4-20(17)24)22(28)16-6-9-19(26)10-7-16/h1-10,13H,11-12,14H2. The van der Waals surface area contributed by atoms with Crippen LogP contribution >= 0.6 is 34.8 Å². The minimum absolute atomic E-state index is 0.204. The largest absolute Gasteiger partial charge is 0.334 e. The number of rotatable bonds is 6. The monoisotopic (exact) mass is 435 g/mol. The summed E-state index contributed by atoms with van der Waals surface area (Å²) >= 11 is 18.5. The zero-order chi connectivity index (χ0) is 20.1. The van der Waals surface area contributed by atoms with Crippen LogP contribution < -0.4 is 0 Å². The molecule has 0 aliphatic rings. The highest BCUT2D eigenvalue weighted by Crippen LogP contribution is 2.23. The Hall–Kier alpha value is -2.07. The van der Waals surface area contributed by atoms with E-state index in [1.54, 1.807) is 23.1 Å². The molecule has 3 aromatic rings. The molecule has 0 saturated carbocycles. The molecule has 0 saturated heterocycles. The molecule has 3 rings (SSSR count). The van der Waals surface area contributed by atoms with Crippen molar-refractivity contribution < 1.29 is 9.18 Å². The molecule has 0 atom stereocenters. The lowest BCUT2D eigenvalue weighted by atomic mass is 10.1. The van der Waals surface area contributed by atoms with E-state index in [1.807, 2.05) is 24.3 Å². The Morgan fingerprint density at radius 1 is 0.857 bits per heavy atom. The Morgan fingerprint density at radius 2 is 1.57 bits per heavy atom. The van der Waals surface area contributed by atoms with Crippen molar-refractivity contribution in [3.63, 3.8) is 0 Å². The first-order valence-corrected chi connectivity index (χ1v) is 9.79. The van der Waals surface area contributed by atoms with Gasteiger partial charge in [0.2, 0.25) is 0 Å². The second kappa shape index (κ2) is 9.42. The number of amides is 1. The molecule has 1 amide bonds. The lowest BCUT2D eigenvalue weighted by Crippen LogP contribution is -2.32. The molecule has 0 fully saturated rings. The molecule has 0 unspecified atom stereocenters. The second-order valence-corrected chi connectivity index (χ2v) is 7.56. The van der Waals surface area contributed by atoms with E-state index in [2.05, 4.69) is 0 Å². The third kappa shape index (κ3) is 5.26. The maximum atomic E-state index is 13.2. The predicted octanol–water partition coefficient (Wildman–Crippen LogP) is 6.67. The minimum atomic E-state index is -0.387. The predicted molar refractivity (Wildman–Crippen MR) is 113 cm³/mol. The van der Waals surface area contributed by atoms with Crippen molar-refractivity contribution in [2.75, 3.05) is 6.54 Å². The molecule has 0 heterocycles. The molecule has 0 spiro atoms. The Labute approximate surface area is 178 Å². The topological polar surface area (TPSA) is 20.3 Å². The van der Waals surface area contributed by atoms with Gasteiger partial charge in [0.1, 0.15) is 5.82 Å². The van der Waals surface area contributed by atoms with Gasteiger partial charge in [-0.2, -0.15) is 0 Å². The first kappa shape index (κ1) is 20.7. The van der Waals surface area contributed by atoms with Crippen LogP contribution in [0.25, 0.3) is 0 Å². The lowest BCUT2D eigenvalue weighted by molar-refractivity contribution is 0.0745. The van der Waals surface area contributed by atoms with Crippen LogP contribution in [0.3, 0.4) is 0 Å². The van der Waals surface area contributed by atoms with Crippen molar-refractivity contribution in [1.29, 1.82) is 0 Å². The molecule has 0 N–H and O–H groups in total. The van der Waals surface area contributed by atoms with Gasteiger partial charge in [-0.25, -0.2) is 4.39 Å². The van der Waals surface area contributed by atoms with Crippen LogP contribution in [-0.4, -0.2) is 17.4 Å². The number of carbonyl (C=O) groups is 1. The fourth-order valence-electron chi connectivity index (χ4n) is 2.84. The normalized spacial score (nSPS) is 10.7. The summed E-state index contributed by atoms with van der Waals surface area (Å²) in [6.07, 6.45) is 0.549. The number of halogens is 4. The van der Waals surface area contributed by atoms with E-state index >= 15 is 0 Å². The van der Waals surface area contributed by atoms with Gasteiger partial charge >= 0.3 is 0 Å². The summed E-state index contributed by atoms with van der Waals surface area (Å²) in [6, 6.07) is 18.2. The number of hydrogen-bond donors (Lipinski definition) is 0. The Kier molecular flexibility index (Phi) is 6.95. The number of hydrogen-bond acceptors (Lipinski definition) is 1. The summed E-state index contributed by atoms with van der Waals surface area (Å²) < 4.78 is 13.2. The SMILES string of the molecule is O=C(c1ccc(F)cc1)N(CCc1ccc(Cl)cc1Cl)Cc1ccccc1Cl. The van der Waals surface area contributed by atoms with Crippen LogP contribution in [0.1, 0.15) is 21.5 Å². The van der Waals surface area contributed by atoms with Crippen LogP contribution in [-0.2, 0) is 13.0 Å². The molecule has 2 nitrogen and oxygen atoms in total. The summed E-state index contributed by atoms with van der Waals surface area (Å²) in [6.45, 7) is 0.754. The molecule has 0 aliphatic carbocycles. The zero-order valence-electron chi connectivity index (χ0n) is 14.8. The first-order valence-electron chi connectivity index (χ1n) is 8.66. The van der Waals surface area contributed by atoms with Crippen molar-refractivity contribution in [3.8, 4) is 0 Å². The van der Waals surface area contributed by atoms with Crippen LogP contribution in [0.5, 0.6) is 0 Å². The van der Waals surface area contributed by atoms with Gasteiger partial charge in [-0.05, 0) is 60.0 Å². The van der Waals surface area contributed by atoms with Crippen LogP contribution in [0.2, 0.25) is 15.1 Å². The molecular weight excluding hydrogens is 420 g/mol. The van der Waals surface area contributed by atoms with Crippen molar-refractivity contribution in [1.82, 2.24) is 4.90 Å². The molecule has 0 radical (unpaired) electrons. The van der Waals surface area contributed by atoms with E-state index in [-0.39, 0.29) is 11.7 Å². The highest BCUT2D eigenvalue weighted by molar-refractivity contribution is 6.35. The van der Waals surface area contributed by atoms with Gasteiger partial charge in [0, 0.05) is 33.7 Å². The van der Waals surface area contributed by atoms with E-state index in [4.69, 9.17) is 34.8 Å². The summed E-state index contributed by atoms with van der Waals surface area (Å²) in [5, 5.41) is 1.70. The highest BCUT2D eigenvalue weighted by Gasteiger charge is 2.18. The van der Waals surface area contributed by atoms with E-state index in [0.717, 1.165) is 11.1 Å². The van der Waals surface area contributed by atoms with Gasteiger partial charge in [-0.15, -0.1) is 0 Å². The van der Waals surface area contributed by atoms with Crippen LogP contribution in [0.4, 0.5) is 4.39 Å². The van der Waals surface area contributed by atoms with Crippen LogP contribution in [0, 0.1) is 5.82 Å². The molecule has 0 aromatic heterocycles. The lowest BCUT2D eigenvalue weighted by Gasteiger charge is -2.24. The van der Waals surface area contributed by atoms with E-state index < -0.39 is 0 Å². The third-order valence-electron chi connectivity index (χ3n) is 4.36. The summed E-state index contributed by atoms with van der Waals surface area (Å²) in [7, 11) is 0. The maximum Gasteiger partial charge on any atom is 0.254 e. The van der Waals surface area contributed by atoms with Crippen molar-refractivity contribution in [2.45, 2.75) is 13.0 Å². The van der Waals surface area contributed by atoms with Gasteiger partial charge in [0.15, 0.2) is 0 Å². The number of carbonyl (C=O) groups excluding carboxylic acids is 1. The average Bonchev–Trinajstić information content (AvgIpc) is 2.68. The van der Waals surface area contributed by atoms with Gasteiger partial charge < -0.3 is 4.90 Å². The summed E-state index contributed by atoms with van der Waals surface area (Å²) in [4.78, 5) is 14.7. The van der Waals surface area contributed by atoms with Crippen LogP contribution in [0.15, 0.2) is 66.7 Å². The van der Waals surface area contributed by atoms with Gasteiger partial charge in [0.25, 0.3) is 5.91 Å². The quantitative estimate of drug-likeness (QED) is 0.422. The minimum Gasteiger partial charge on any atom is -0.334 e. The van der Waals surface area contributed by atoms with Gasteiger partial charge in [-0.3, -0.25) is 4.79 Å². The fourth-order valence-corrected chi connectivity index (χ4v) is 3.54. The molecule has 0 bridgehead atoms. The van der Waals surface area contributed by atoms with E-state index in [0.29, 0.717) is 40.1 Å². The molecule has 28 heavy (non-hydrogen) atoms. The van der Waals surface area contributed by atoms with Crippen molar-refractivity contribution in [3.05, 3.63) is 104 Å². The number of nitrogens with zero attached hydrogens (tertiary/aromatic N) is 1. The Morgan fingerprint density at radius 3 is 2.25 bits per heavy atom. The van der Waals surface area contributed by atoms with E-state index in [1.165, 1.54) is 24.3 Å². The highest BCUT2D eigenvalue weighted by atomic mass is 35.5. The summed E-state index contributed by atoms with van der Waals surface area (Å²) in [5.74, 6) is -0.591. The fraction of sp³-hybridized carbons (Fsp3) is 0.136. The van der Waals surface area contributed by atoms with Gasteiger partial charge in [-0.1, -0.05) is 59.1 Å². The van der Waals surface area contributed by atoms with Gasteiger partial charge in [0.05, 0.1) is 0 Å². The Balaban J connectivity index is 1.84. The molecule has 3 aromatic carbocycles. The average molecular weight is 437 g/mol. The second-order valence-electron chi connectivity index (χ2n) is 6.31. The first-order chi connectivity index (χ1) is 13.4. The Bertz CT molecular complexity index is 976. The van der Waals surface area contributed by atoms with Crippen molar-refractivity contribution in [2.24, 2.45) is 0 Å². The molecule has 144 valence electrons. The summed E-state index contributed by atoms with van der Waals surface area (Å²) in [5.41, 5.74) is 2.14. The van der Waals surface area contributed by atoms with E-state index in [9.17, 15) is 9.18 Å². The smallest absolute Gasteiger partial charge is 0.254 e.